The lowest BCUT2D eigenvalue weighted by atomic mass is 10.0. The van der Waals surface area contributed by atoms with Gasteiger partial charge < -0.3 is 37.9 Å². The van der Waals surface area contributed by atoms with Crippen LogP contribution in [-0.4, -0.2) is 87.7 Å². The van der Waals surface area contributed by atoms with E-state index in [4.69, 9.17) is 37.9 Å². The summed E-state index contributed by atoms with van der Waals surface area (Å²) in [5, 5.41) is 0. The molecule has 0 spiro atoms. The predicted octanol–water partition coefficient (Wildman–Crippen LogP) is 16.9. The molecule has 0 saturated carbocycles. The first-order valence-corrected chi connectivity index (χ1v) is 34.2. The lowest BCUT2D eigenvalue weighted by Gasteiger charge is -2.18. The van der Waals surface area contributed by atoms with Gasteiger partial charge in [-0.3, -0.25) is 0 Å². The predicted molar refractivity (Wildman–Crippen MR) is 388 cm³/mol. The molecule has 14 heteroatoms. The molecule has 0 aliphatic carbocycles. The second-order valence-corrected chi connectivity index (χ2v) is 23.8. The maximum atomic E-state index is 13.7. The number of hydrogen-bond donors (Lipinski definition) is 0. The van der Waals surface area contributed by atoms with Gasteiger partial charge >= 0.3 is 35.8 Å². The van der Waals surface area contributed by atoms with Crippen molar-refractivity contribution in [3.05, 3.63) is 275 Å². The minimum Gasteiger partial charge on any atom is -0.493 e. The molecule has 0 aliphatic rings. The van der Waals surface area contributed by atoms with Crippen molar-refractivity contribution in [2.75, 3.05) is 39.6 Å². The van der Waals surface area contributed by atoms with Crippen LogP contribution in [0.4, 0.5) is 0 Å². The van der Waals surface area contributed by atoms with Crippen molar-refractivity contribution < 1.29 is 66.7 Å². The summed E-state index contributed by atoms with van der Waals surface area (Å²) in [6.07, 6.45) is 11.1. The van der Waals surface area contributed by atoms with Gasteiger partial charge in [-0.1, -0.05) is 149 Å². The Balaban J connectivity index is 0.794. The number of esters is 6. The maximum Gasteiger partial charge on any atom is 0.338 e. The average molecular weight is 1340 g/mol. The second kappa shape index (κ2) is 41.1. The van der Waals surface area contributed by atoms with Crippen LogP contribution in [0.2, 0.25) is 0 Å². The molecule has 0 fully saturated rings. The molecule has 0 heterocycles. The summed E-state index contributed by atoms with van der Waals surface area (Å²) in [6.45, 7) is 12.7. The summed E-state index contributed by atoms with van der Waals surface area (Å²) in [6, 6.07) is 60.4. The number of carbonyl (C=O) groups is 6. The van der Waals surface area contributed by atoms with Crippen molar-refractivity contribution in [1.29, 1.82) is 0 Å². The summed E-state index contributed by atoms with van der Waals surface area (Å²) < 4.78 is 45.1. The molecule has 0 N–H and O–H groups in total. The molecule has 0 amide bonds. The van der Waals surface area contributed by atoms with Gasteiger partial charge in [0.2, 0.25) is 0 Å². The largest absolute Gasteiger partial charge is 0.493 e. The minimum absolute atomic E-state index is 0.148. The van der Waals surface area contributed by atoms with Gasteiger partial charge in [0.25, 0.3) is 0 Å². The van der Waals surface area contributed by atoms with Crippen LogP contribution in [0.15, 0.2) is 219 Å². The van der Waals surface area contributed by atoms with Crippen LogP contribution in [0, 0.1) is 23.7 Å². The van der Waals surface area contributed by atoms with E-state index in [-0.39, 0.29) is 26.4 Å². The third-order valence-electron chi connectivity index (χ3n) is 16.3. The van der Waals surface area contributed by atoms with Crippen molar-refractivity contribution in [3.63, 3.8) is 0 Å². The van der Waals surface area contributed by atoms with Crippen LogP contribution in [0.25, 0.3) is 22.3 Å². The van der Waals surface area contributed by atoms with Crippen LogP contribution < -0.4 is 9.47 Å². The minimum atomic E-state index is -0.465. The van der Waals surface area contributed by atoms with Gasteiger partial charge in [0.05, 0.1) is 61.9 Å². The molecule has 514 valence electrons. The standard InChI is InChI=1S/C86H86O14/c1-5-15-63-21-25-67(26-22-63)33-51-79(19-11-57-97-83(89)73-43-39-69(40-44-73)71-47-53-77(54-48-71)93-59-13-61-95-81(87)7-3)99-85(91)75-35-29-65(30-36-75)17-9-10-18-66-31-37-76(38-32-66)86(92)100-80(52-34-68-27-23-64(16-6-2)24-28-68)20-12-58-98-84(90)74-45-41-70(42-46-74)72-49-55-78(56-50-72)94-60-14-62-96-82(88)8-4/h7-8,21-32,35-50,53-56,79-80H,3-6,11-16,19-20,33-34,51-52,57-62H2,1-2H3. The Labute approximate surface area is 587 Å². The van der Waals surface area contributed by atoms with Gasteiger partial charge in [-0.25, -0.2) is 28.8 Å². The molecule has 0 bridgehead atoms. The molecule has 8 aromatic rings. The van der Waals surface area contributed by atoms with E-state index in [1.165, 1.54) is 11.1 Å². The zero-order valence-electron chi connectivity index (χ0n) is 57.1. The summed E-state index contributed by atoms with van der Waals surface area (Å²) in [5.41, 5.74) is 11.5. The second-order valence-electron chi connectivity index (χ2n) is 23.8. The monoisotopic (exact) mass is 1340 g/mol. The molecule has 0 saturated heterocycles. The first-order chi connectivity index (χ1) is 48.8. The number of ether oxygens (including phenoxy) is 8. The fraction of sp³-hybridized carbons (Fsp3) is 0.279. The normalized spacial score (nSPS) is 11.2. The topological polar surface area (TPSA) is 176 Å². The quantitative estimate of drug-likeness (QED) is 0.0117. The molecule has 2 atom stereocenters. The Morgan fingerprint density at radius 1 is 0.340 bits per heavy atom. The smallest absolute Gasteiger partial charge is 0.338 e. The lowest BCUT2D eigenvalue weighted by molar-refractivity contribution is -0.138. The Morgan fingerprint density at radius 3 is 0.970 bits per heavy atom. The van der Waals surface area contributed by atoms with E-state index in [1.54, 1.807) is 72.8 Å². The zero-order chi connectivity index (χ0) is 70.5. The molecule has 0 aliphatic heterocycles. The molecule has 14 nitrogen and oxygen atoms in total. The van der Waals surface area contributed by atoms with Gasteiger partial charge in [-0.2, -0.15) is 0 Å². The highest BCUT2D eigenvalue weighted by Crippen LogP contribution is 2.27. The molecule has 2 unspecified atom stereocenters. The van der Waals surface area contributed by atoms with E-state index in [0.29, 0.717) is 122 Å². The lowest BCUT2D eigenvalue weighted by Crippen LogP contribution is -2.20. The van der Waals surface area contributed by atoms with Crippen molar-refractivity contribution in [2.45, 2.75) is 116 Å². The molecule has 0 radical (unpaired) electrons. The van der Waals surface area contributed by atoms with Crippen molar-refractivity contribution >= 4 is 35.8 Å². The molecular weight excluding hydrogens is 1260 g/mol. The average Bonchev–Trinajstić information content (AvgIpc) is 0.896. The number of rotatable bonds is 38. The molecule has 8 aromatic carbocycles. The van der Waals surface area contributed by atoms with Crippen LogP contribution >= 0.6 is 0 Å². The third kappa shape index (κ3) is 25.7. The van der Waals surface area contributed by atoms with E-state index >= 15 is 0 Å². The van der Waals surface area contributed by atoms with Crippen molar-refractivity contribution in [3.8, 4) is 57.4 Å². The fourth-order valence-corrected chi connectivity index (χ4v) is 10.7. The Morgan fingerprint density at radius 2 is 0.640 bits per heavy atom. The SMILES string of the molecule is C=CC(=O)OCCCOc1ccc(-c2ccc(C(=O)OCCCC(CCc3ccc(CCC)cc3)OC(=O)c3ccc(C#CC#Cc4ccc(C(=O)OC(CCCOC(=O)c5ccc(-c6ccc(OCCCOC(=O)C=C)cc6)cc5)CCc5ccc(CCC)cc5)cc4)cc3)cc2)cc1. The van der Waals surface area contributed by atoms with Gasteiger partial charge in [-0.05, 0) is 218 Å². The number of aryl methyl sites for hydroxylation is 4. The van der Waals surface area contributed by atoms with Gasteiger partial charge in [-0.15, -0.1) is 0 Å². The first-order valence-electron chi connectivity index (χ1n) is 34.2. The third-order valence-corrected chi connectivity index (χ3v) is 16.3. The Hall–Kier alpha value is -11.2. The molecule has 100 heavy (non-hydrogen) atoms. The summed E-state index contributed by atoms with van der Waals surface area (Å²) >= 11 is 0. The summed E-state index contributed by atoms with van der Waals surface area (Å²) in [4.78, 5) is 76.1. The van der Waals surface area contributed by atoms with Crippen molar-refractivity contribution in [2.24, 2.45) is 0 Å². The Bertz CT molecular complexity index is 3790. The van der Waals surface area contributed by atoms with Crippen LogP contribution in [-0.2, 0) is 63.7 Å². The van der Waals surface area contributed by atoms with E-state index in [1.807, 2.05) is 72.8 Å². The van der Waals surface area contributed by atoms with Gasteiger partial charge in [0, 0.05) is 36.1 Å². The van der Waals surface area contributed by atoms with Crippen LogP contribution in [0.1, 0.15) is 153 Å². The molecule has 8 rings (SSSR count). The van der Waals surface area contributed by atoms with Crippen molar-refractivity contribution in [1.82, 2.24) is 0 Å². The summed E-state index contributed by atoms with van der Waals surface area (Å²) in [7, 11) is 0. The van der Waals surface area contributed by atoms with Gasteiger partial charge in [0.15, 0.2) is 0 Å². The Kier molecular flexibility index (Phi) is 30.7. The highest BCUT2D eigenvalue weighted by atomic mass is 16.6. The van der Waals surface area contributed by atoms with Gasteiger partial charge in [0.1, 0.15) is 23.7 Å². The molecule has 0 aromatic heterocycles. The zero-order valence-corrected chi connectivity index (χ0v) is 57.1. The molecular formula is C86H86O14. The number of carbonyl (C=O) groups excluding carboxylic acids is 6. The summed E-state index contributed by atoms with van der Waals surface area (Å²) in [5.74, 6) is 10.5. The van der Waals surface area contributed by atoms with E-state index < -0.39 is 48.0 Å². The first kappa shape index (κ1) is 74.6. The van der Waals surface area contributed by atoms with E-state index in [0.717, 1.165) is 71.2 Å². The van der Waals surface area contributed by atoms with E-state index in [9.17, 15) is 28.8 Å². The number of hydrogen-bond acceptors (Lipinski definition) is 14. The maximum absolute atomic E-state index is 13.7. The van der Waals surface area contributed by atoms with E-state index in [2.05, 4.69) is 99.2 Å². The highest BCUT2D eigenvalue weighted by molar-refractivity contribution is 5.92. The van der Waals surface area contributed by atoms with Crippen LogP contribution in [0.3, 0.4) is 0 Å². The number of benzene rings is 8. The highest BCUT2D eigenvalue weighted by Gasteiger charge is 2.20. The van der Waals surface area contributed by atoms with Crippen LogP contribution in [0.5, 0.6) is 11.5 Å². The fourth-order valence-electron chi connectivity index (χ4n) is 10.7.